The van der Waals surface area contributed by atoms with E-state index in [1.165, 1.54) is 11.8 Å². The summed E-state index contributed by atoms with van der Waals surface area (Å²) in [5.41, 5.74) is 2.76. The van der Waals surface area contributed by atoms with Crippen molar-refractivity contribution in [2.45, 2.75) is 12.1 Å². The predicted molar refractivity (Wildman–Crippen MR) is 121 cm³/mol. The molecule has 3 aromatic rings. The van der Waals surface area contributed by atoms with E-state index in [9.17, 15) is 4.79 Å². The van der Waals surface area contributed by atoms with E-state index >= 15 is 0 Å². The van der Waals surface area contributed by atoms with Crippen LogP contribution in [-0.2, 0) is 9.53 Å². The third-order valence-corrected chi connectivity index (χ3v) is 5.81. The van der Waals surface area contributed by atoms with Crippen LogP contribution < -0.4 is 15.0 Å². The number of rotatable bonds is 7. The van der Waals surface area contributed by atoms with Crippen molar-refractivity contribution in [3.63, 3.8) is 0 Å². The van der Waals surface area contributed by atoms with Gasteiger partial charge in [-0.3, -0.25) is 9.36 Å². The number of aromatic nitrogens is 3. The Balaban J connectivity index is 1.55. The third-order valence-electron chi connectivity index (χ3n) is 4.88. The molecule has 0 radical (unpaired) electrons. The molecule has 0 bridgehead atoms. The lowest BCUT2D eigenvalue weighted by atomic mass is 10.2. The first-order valence-corrected chi connectivity index (χ1v) is 11.0. The van der Waals surface area contributed by atoms with Crippen LogP contribution in [-0.4, -0.2) is 59.8 Å². The molecule has 1 N–H and O–H groups in total. The zero-order chi connectivity index (χ0) is 21.6. The van der Waals surface area contributed by atoms with Crippen LogP contribution in [0.15, 0.2) is 53.7 Å². The normalized spacial score (nSPS) is 13.8. The highest BCUT2D eigenvalue weighted by Gasteiger charge is 2.22. The molecule has 0 atom stereocenters. The number of nitrogens with zero attached hydrogens (tertiary/aromatic N) is 4. The molecule has 0 aliphatic carbocycles. The summed E-state index contributed by atoms with van der Waals surface area (Å²) in [6.07, 6.45) is 0. The first kappa shape index (κ1) is 21.2. The Hall–Kier alpha value is -3.04. The van der Waals surface area contributed by atoms with Crippen molar-refractivity contribution in [3.8, 4) is 11.4 Å². The number of ether oxygens (including phenoxy) is 2. The topological polar surface area (TPSA) is 81.5 Å². The maximum absolute atomic E-state index is 12.6. The van der Waals surface area contributed by atoms with Crippen LogP contribution in [0.25, 0.3) is 5.69 Å². The fourth-order valence-corrected chi connectivity index (χ4v) is 4.13. The van der Waals surface area contributed by atoms with Crippen LogP contribution in [0.3, 0.4) is 0 Å². The number of benzene rings is 2. The van der Waals surface area contributed by atoms with Gasteiger partial charge >= 0.3 is 0 Å². The Kier molecular flexibility index (Phi) is 6.73. The Morgan fingerprint density at radius 1 is 1.16 bits per heavy atom. The van der Waals surface area contributed by atoms with Crippen LogP contribution >= 0.6 is 11.8 Å². The number of morpholine rings is 1. The first-order valence-electron chi connectivity index (χ1n) is 10.1. The molecule has 0 saturated carbocycles. The first-order chi connectivity index (χ1) is 15.2. The number of nitrogens with one attached hydrogen (secondary N) is 1. The van der Waals surface area contributed by atoms with Gasteiger partial charge in [0, 0.05) is 13.1 Å². The third kappa shape index (κ3) is 5.00. The summed E-state index contributed by atoms with van der Waals surface area (Å²) in [7, 11) is 1.58. The van der Waals surface area contributed by atoms with Gasteiger partial charge in [-0.25, -0.2) is 0 Å². The van der Waals surface area contributed by atoms with Gasteiger partial charge in [0.2, 0.25) is 11.9 Å². The Morgan fingerprint density at radius 2 is 1.97 bits per heavy atom. The Morgan fingerprint density at radius 3 is 2.74 bits per heavy atom. The number of methoxy groups -OCH3 is 1. The maximum Gasteiger partial charge on any atom is 0.234 e. The second-order valence-corrected chi connectivity index (χ2v) is 8.04. The van der Waals surface area contributed by atoms with E-state index in [4.69, 9.17) is 9.47 Å². The summed E-state index contributed by atoms with van der Waals surface area (Å²) < 4.78 is 12.8. The second kappa shape index (κ2) is 9.84. The molecule has 0 unspecified atom stereocenters. The minimum atomic E-state index is -0.138. The van der Waals surface area contributed by atoms with E-state index in [1.54, 1.807) is 7.11 Å². The Labute approximate surface area is 185 Å². The van der Waals surface area contributed by atoms with Crippen LogP contribution in [0.5, 0.6) is 5.75 Å². The number of aryl methyl sites for hydroxylation is 1. The van der Waals surface area contributed by atoms with Crippen molar-refractivity contribution in [1.82, 2.24) is 14.8 Å². The molecule has 31 heavy (non-hydrogen) atoms. The van der Waals surface area contributed by atoms with Crippen molar-refractivity contribution in [3.05, 3.63) is 54.1 Å². The van der Waals surface area contributed by atoms with Crippen molar-refractivity contribution in [2.24, 2.45) is 0 Å². The molecule has 1 amide bonds. The standard InChI is InChI=1S/C22H25N5O3S/c1-16-6-5-7-17(14-16)27-21(26-10-12-30-13-11-26)24-25-22(27)31-15-20(28)23-18-8-3-4-9-19(18)29-2/h3-9,14H,10-13,15H2,1-2H3,(H,23,28). The lowest BCUT2D eigenvalue weighted by molar-refractivity contribution is -0.113. The van der Waals surface area contributed by atoms with Gasteiger partial charge in [0.05, 0.1) is 37.5 Å². The highest BCUT2D eigenvalue weighted by Crippen LogP contribution is 2.28. The summed E-state index contributed by atoms with van der Waals surface area (Å²) in [4.78, 5) is 14.8. The molecule has 1 aliphatic heterocycles. The fourth-order valence-electron chi connectivity index (χ4n) is 3.38. The van der Waals surface area contributed by atoms with Gasteiger partial charge in [0.25, 0.3) is 0 Å². The Bertz CT molecular complexity index is 1050. The SMILES string of the molecule is COc1ccccc1NC(=O)CSc1nnc(N2CCOCC2)n1-c1cccc(C)c1. The number of anilines is 2. The van der Waals surface area contributed by atoms with Crippen molar-refractivity contribution in [2.75, 3.05) is 49.4 Å². The van der Waals surface area contributed by atoms with E-state index in [1.807, 2.05) is 41.0 Å². The molecule has 1 aromatic heterocycles. The van der Waals surface area contributed by atoms with Crippen molar-refractivity contribution in [1.29, 1.82) is 0 Å². The number of carbonyl (C=O) groups excluding carboxylic acids is 1. The molecule has 2 heterocycles. The molecule has 9 heteroatoms. The van der Waals surface area contributed by atoms with Crippen molar-refractivity contribution >= 4 is 29.3 Å². The van der Waals surface area contributed by atoms with Crippen LogP contribution in [0, 0.1) is 6.92 Å². The minimum Gasteiger partial charge on any atom is -0.495 e. The molecule has 4 rings (SSSR count). The fraction of sp³-hybridized carbons (Fsp3) is 0.318. The molecule has 1 aliphatic rings. The molecule has 0 spiro atoms. The zero-order valence-corrected chi connectivity index (χ0v) is 18.4. The minimum absolute atomic E-state index is 0.138. The van der Waals surface area contributed by atoms with E-state index < -0.39 is 0 Å². The number of carbonyl (C=O) groups is 1. The number of hydrogen-bond acceptors (Lipinski definition) is 7. The molecular weight excluding hydrogens is 414 g/mol. The van der Waals surface area contributed by atoms with E-state index in [-0.39, 0.29) is 11.7 Å². The summed E-state index contributed by atoms with van der Waals surface area (Å²) in [5, 5.41) is 12.4. The molecular formula is C22H25N5O3S. The summed E-state index contributed by atoms with van der Waals surface area (Å²) in [5.74, 6) is 1.45. The highest BCUT2D eigenvalue weighted by atomic mass is 32.2. The molecule has 1 fully saturated rings. The van der Waals surface area contributed by atoms with Gasteiger partial charge in [0.1, 0.15) is 5.75 Å². The van der Waals surface area contributed by atoms with E-state index in [2.05, 4.69) is 39.5 Å². The van der Waals surface area contributed by atoms with Crippen LogP contribution in [0.4, 0.5) is 11.6 Å². The number of thioether (sulfide) groups is 1. The smallest absolute Gasteiger partial charge is 0.234 e. The molecule has 162 valence electrons. The van der Waals surface area contributed by atoms with Gasteiger partial charge < -0.3 is 19.7 Å². The molecule has 1 saturated heterocycles. The van der Waals surface area contributed by atoms with E-state index in [0.29, 0.717) is 29.8 Å². The van der Waals surface area contributed by atoms with Gasteiger partial charge in [-0.2, -0.15) is 0 Å². The van der Waals surface area contributed by atoms with Crippen LogP contribution in [0.2, 0.25) is 0 Å². The van der Waals surface area contributed by atoms with Gasteiger partial charge in [-0.15, -0.1) is 10.2 Å². The lowest BCUT2D eigenvalue weighted by Crippen LogP contribution is -2.37. The van der Waals surface area contributed by atoms with Crippen molar-refractivity contribution < 1.29 is 14.3 Å². The molecule has 8 nitrogen and oxygen atoms in total. The number of para-hydroxylation sites is 2. The number of hydrogen-bond donors (Lipinski definition) is 1. The monoisotopic (exact) mass is 439 g/mol. The number of amides is 1. The summed E-state index contributed by atoms with van der Waals surface area (Å²) in [6, 6.07) is 15.5. The van der Waals surface area contributed by atoms with Crippen LogP contribution in [0.1, 0.15) is 5.56 Å². The predicted octanol–water partition coefficient (Wildman–Crippen LogP) is 3.15. The maximum atomic E-state index is 12.6. The quantitative estimate of drug-likeness (QED) is 0.567. The molecule has 2 aromatic carbocycles. The lowest BCUT2D eigenvalue weighted by Gasteiger charge is -2.28. The highest BCUT2D eigenvalue weighted by molar-refractivity contribution is 7.99. The average Bonchev–Trinajstić information content (AvgIpc) is 3.23. The zero-order valence-electron chi connectivity index (χ0n) is 17.6. The van der Waals surface area contributed by atoms with Gasteiger partial charge in [-0.05, 0) is 36.8 Å². The van der Waals surface area contributed by atoms with E-state index in [0.717, 1.165) is 30.3 Å². The van der Waals surface area contributed by atoms with Gasteiger partial charge in [-0.1, -0.05) is 36.0 Å². The van der Waals surface area contributed by atoms with Gasteiger partial charge in [0.15, 0.2) is 5.16 Å². The largest absolute Gasteiger partial charge is 0.495 e. The average molecular weight is 440 g/mol. The summed E-state index contributed by atoms with van der Waals surface area (Å²) >= 11 is 1.35. The summed E-state index contributed by atoms with van der Waals surface area (Å²) in [6.45, 7) is 4.87. The second-order valence-electron chi connectivity index (χ2n) is 7.09.